The van der Waals surface area contributed by atoms with Gasteiger partial charge in [0.1, 0.15) is 39.2 Å². The molecule has 0 aliphatic heterocycles. The quantitative estimate of drug-likeness (QED) is 0.150. The maximum Gasteiger partial charge on any atom is 0.166 e. The van der Waals surface area contributed by atoms with E-state index in [4.69, 9.17) is 64.2 Å². The Balaban J connectivity index is 1.24. The Morgan fingerprint density at radius 2 is 0.773 bits per heavy atom. The highest BCUT2D eigenvalue weighted by Crippen LogP contribution is 2.40. The molecular weight excluding hydrogens is 799 g/mol. The van der Waals surface area contributed by atoms with E-state index in [-0.39, 0.29) is 38.7 Å². The first-order chi connectivity index (χ1) is 32.3. The molecule has 0 N–H and O–H groups in total. The molecule has 10 radical (unpaired) electrons. The van der Waals surface area contributed by atoms with Gasteiger partial charge in [-0.15, -0.1) is 16.4 Å². The third-order valence-electron chi connectivity index (χ3n) is 12.0. The van der Waals surface area contributed by atoms with Crippen molar-refractivity contribution in [3.63, 3.8) is 0 Å². The lowest BCUT2D eigenvalue weighted by Crippen LogP contribution is -2.55. The zero-order chi connectivity index (χ0) is 44.9. The van der Waals surface area contributed by atoms with E-state index < -0.39 is 0 Å². The molecule has 296 valence electrons. The molecule has 0 saturated heterocycles. The van der Waals surface area contributed by atoms with E-state index in [9.17, 15) is 0 Å². The van der Waals surface area contributed by atoms with Crippen molar-refractivity contribution < 1.29 is 0 Å². The summed E-state index contributed by atoms with van der Waals surface area (Å²) in [5, 5.41) is 2.18. The van der Waals surface area contributed by atoms with E-state index in [1.54, 1.807) is 0 Å². The summed E-state index contributed by atoms with van der Waals surface area (Å²) >= 11 is 0. The first-order valence-corrected chi connectivity index (χ1v) is 21.4. The van der Waals surface area contributed by atoms with Gasteiger partial charge < -0.3 is 4.57 Å². The van der Waals surface area contributed by atoms with E-state index in [1.165, 1.54) is 0 Å². The van der Waals surface area contributed by atoms with Crippen molar-refractivity contribution in [3.8, 4) is 84.9 Å². The molecule has 6 nitrogen and oxygen atoms in total. The van der Waals surface area contributed by atoms with Gasteiger partial charge in [0, 0.05) is 44.2 Å². The summed E-state index contributed by atoms with van der Waals surface area (Å²) in [5.41, 5.74) is 11.3. The van der Waals surface area contributed by atoms with E-state index >= 15 is 0 Å². The van der Waals surface area contributed by atoms with Gasteiger partial charge in [-0.25, -0.2) is 24.9 Å². The molecule has 0 bridgehead atoms. The van der Waals surface area contributed by atoms with Crippen LogP contribution in [0.3, 0.4) is 0 Å². The number of nitrogens with zero attached hydrogens (tertiary/aromatic N) is 6. The summed E-state index contributed by atoms with van der Waals surface area (Å²) < 4.78 is 2.27. The molecule has 0 amide bonds. The standard InChI is InChI=1S/C55H31B5N6/c56-47-46(48(57)50(59)51(60)49(47)58)55-64-53(35-21-11-4-12-22-35)63-54(65-55)40-29-37(42-31-41(33-17-7-2-8-18-33)61-52(62-42)34-19-9-3-10-20-34)26-28-44(40)66-43-24-14-13-23-38(43)39-27-25-36(30-45(39)66)32-15-5-1-6-16-32/h1-31H. The van der Waals surface area contributed by atoms with Gasteiger partial charge in [0.2, 0.25) is 0 Å². The van der Waals surface area contributed by atoms with Gasteiger partial charge in [0.25, 0.3) is 0 Å². The second kappa shape index (κ2) is 16.8. The Hall–Kier alpha value is -8.03. The van der Waals surface area contributed by atoms with Crippen LogP contribution in [0.1, 0.15) is 0 Å². The van der Waals surface area contributed by atoms with Gasteiger partial charge in [-0.2, -0.15) is 0 Å². The SMILES string of the molecule is [B]c1c([B])c([B])c(-c2nc(-c3ccccc3)nc(-c3cc(-c4cc(-c5ccccc5)nc(-c5ccccc5)n4)ccc3-n3c4ccccc4c4ccc(-c5ccccc5)cc43)n2)c([B])c1[B]. The molecule has 3 heterocycles. The van der Waals surface area contributed by atoms with Crippen molar-refractivity contribution in [2.24, 2.45) is 0 Å². The summed E-state index contributed by atoms with van der Waals surface area (Å²) in [5.74, 6) is 1.49. The van der Waals surface area contributed by atoms with Crippen LogP contribution in [0.15, 0.2) is 188 Å². The van der Waals surface area contributed by atoms with Crippen LogP contribution in [-0.2, 0) is 0 Å². The highest BCUT2D eigenvalue weighted by molar-refractivity contribution is 6.68. The zero-order valence-electron chi connectivity index (χ0n) is 35.5. The molecular formula is C55H31B5N6. The van der Waals surface area contributed by atoms with Crippen molar-refractivity contribution in [1.29, 1.82) is 0 Å². The average molecular weight is 830 g/mol. The summed E-state index contributed by atoms with van der Waals surface area (Å²) in [4.78, 5) is 25.7. The molecule has 11 aromatic rings. The van der Waals surface area contributed by atoms with Crippen LogP contribution in [0.4, 0.5) is 0 Å². The maximum absolute atomic E-state index is 6.72. The second-order valence-electron chi connectivity index (χ2n) is 16.0. The molecule has 0 fully saturated rings. The van der Waals surface area contributed by atoms with Crippen LogP contribution in [0.2, 0.25) is 0 Å². The fourth-order valence-corrected chi connectivity index (χ4v) is 8.59. The molecule has 0 spiro atoms. The van der Waals surface area contributed by atoms with Crippen LogP contribution >= 0.6 is 0 Å². The Bertz CT molecular complexity index is 3560. The largest absolute Gasteiger partial charge is 0.308 e. The topological polar surface area (TPSA) is 69.4 Å². The lowest BCUT2D eigenvalue weighted by Gasteiger charge is -2.21. The van der Waals surface area contributed by atoms with Crippen molar-refractivity contribution in [2.45, 2.75) is 0 Å². The molecule has 0 atom stereocenters. The lowest BCUT2D eigenvalue weighted by molar-refractivity contribution is 1.07. The summed E-state index contributed by atoms with van der Waals surface area (Å²) in [6.07, 6.45) is 0. The molecule has 0 saturated carbocycles. The average Bonchev–Trinajstić information content (AvgIpc) is 3.71. The van der Waals surface area contributed by atoms with Gasteiger partial charge in [0.15, 0.2) is 23.3 Å². The predicted molar refractivity (Wildman–Crippen MR) is 275 cm³/mol. The van der Waals surface area contributed by atoms with Gasteiger partial charge in [-0.3, -0.25) is 0 Å². The van der Waals surface area contributed by atoms with E-state index in [2.05, 4.69) is 89.5 Å². The van der Waals surface area contributed by atoms with Crippen molar-refractivity contribution >= 4 is 88.4 Å². The van der Waals surface area contributed by atoms with Crippen LogP contribution in [0.5, 0.6) is 0 Å². The molecule has 8 aromatic carbocycles. The van der Waals surface area contributed by atoms with Crippen molar-refractivity contribution in [2.75, 3.05) is 0 Å². The molecule has 66 heavy (non-hydrogen) atoms. The molecule has 0 unspecified atom stereocenters. The number of aromatic nitrogens is 6. The Kier molecular flexibility index (Phi) is 10.4. The van der Waals surface area contributed by atoms with Crippen LogP contribution in [0, 0.1) is 0 Å². The first-order valence-electron chi connectivity index (χ1n) is 21.4. The maximum atomic E-state index is 6.72. The minimum atomic E-state index is 0.0920. The minimum absolute atomic E-state index is 0.0920. The molecule has 0 aliphatic carbocycles. The third kappa shape index (κ3) is 7.23. The zero-order valence-corrected chi connectivity index (χ0v) is 35.5. The number of para-hydroxylation sites is 1. The molecule has 0 aliphatic rings. The highest BCUT2D eigenvalue weighted by atomic mass is 15.1. The number of rotatable bonds is 8. The van der Waals surface area contributed by atoms with Gasteiger partial charge in [-0.1, -0.05) is 169 Å². The molecule has 3 aromatic heterocycles. The van der Waals surface area contributed by atoms with E-state index in [1.807, 2.05) is 103 Å². The Labute approximate surface area is 389 Å². The van der Waals surface area contributed by atoms with Crippen LogP contribution < -0.4 is 27.3 Å². The summed E-state index contributed by atoms with van der Waals surface area (Å²) in [6, 6.07) is 63.4. The highest BCUT2D eigenvalue weighted by Gasteiger charge is 2.23. The summed E-state index contributed by atoms with van der Waals surface area (Å²) in [6.45, 7) is 0. The van der Waals surface area contributed by atoms with E-state index in [0.29, 0.717) is 28.7 Å². The smallest absolute Gasteiger partial charge is 0.166 e. The normalized spacial score (nSPS) is 11.3. The monoisotopic (exact) mass is 830 g/mol. The number of hydrogen-bond donors (Lipinski definition) is 0. The van der Waals surface area contributed by atoms with E-state index in [0.717, 1.165) is 66.6 Å². The minimum Gasteiger partial charge on any atom is -0.308 e. The van der Waals surface area contributed by atoms with Gasteiger partial charge in [0.05, 0.1) is 28.1 Å². The molecule has 11 rings (SSSR count). The summed E-state index contributed by atoms with van der Waals surface area (Å²) in [7, 11) is 32.6. The third-order valence-corrected chi connectivity index (χ3v) is 12.0. The number of hydrogen-bond acceptors (Lipinski definition) is 5. The van der Waals surface area contributed by atoms with Crippen molar-refractivity contribution in [1.82, 2.24) is 29.5 Å². The van der Waals surface area contributed by atoms with Crippen molar-refractivity contribution in [3.05, 3.63) is 188 Å². The van der Waals surface area contributed by atoms with Gasteiger partial charge in [-0.05, 0) is 41.5 Å². The lowest BCUT2D eigenvalue weighted by atomic mass is 9.60. The fraction of sp³-hybridized carbons (Fsp3) is 0. The van der Waals surface area contributed by atoms with Crippen LogP contribution in [-0.4, -0.2) is 68.7 Å². The van der Waals surface area contributed by atoms with Gasteiger partial charge >= 0.3 is 0 Å². The first kappa shape index (κ1) is 40.7. The second-order valence-corrected chi connectivity index (χ2v) is 16.0. The predicted octanol–water partition coefficient (Wildman–Crippen LogP) is 7.40. The Morgan fingerprint density at radius 1 is 0.303 bits per heavy atom. The Morgan fingerprint density at radius 3 is 1.41 bits per heavy atom. The van der Waals surface area contributed by atoms with Crippen LogP contribution in [0.25, 0.3) is 107 Å². The number of fused-ring (bicyclic) bond motifs is 3. The fourth-order valence-electron chi connectivity index (χ4n) is 8.59. The molecule has 11 heteroatoms. The number of benzene rings is 8.